The molecule has 1 saturated heterocycles. The molecule has 1 heterocycles. The molecule has 0 unspecified atom stereocenters. The lowest BCUT2D eigenvalue weighted by Gasteiger charge is -2.20. The SMILES string of the molecule is N#C/C(=N\Nc1cc(F)ccc1N1CCCC1)C(=N)N. The molecule has 1 aliphatic heterocycles. The number of anilines is 2. The fraction of sp³-hybridized carbons (Fsp3) is 0.308. The topological polar surface area (TPSA) is 101 Å². The first-order chi connectivity index (χ1) is 9.61. The molecule has 7 heteroatoms. The Morgan fingerprint density at radius 3 is 2.75 bits per heavy atom. The van der Waals surface area contributed by atoms with Gasteiger partial charge in [0.15, 0.2) is 5.84 Å². The minimum Gasteiger partial charge on any atom is -0.382 e. The van der Waals surface area contributed by atoms with Gasteiger partial charge in [-0.1, -0.05) is 0 Å². The Morgan fingerprint density at radius 1 is 1.45 bits per heavy atom. The largest absolute Gasteiger partial charge is 0.382 e. The average molecular weight is 274 g/mol. The van der Waals surface area contributed by atoms with Crippen molar-refractivity contribution in [1.82, 2.24) is 0 Å². The van der Waals surface area contributed by atoms with Crippen LogP contribution in [-0.4, -0.2) is 24.6 Å². The van der Waals surface area contributed by atoms with E-state index in [1.54, 1.807) is 12.1 Å². The molecule has 1 aromatic rings. The van der Waals surface area contributed by atoms with Crippen LogP contribution in [0.4, 0.5) is 15.8 Å². The zero-order valence-electron chi connectivity index (χ0n) is 10.9. The van der Waals surface area contributed by atoms with Crippen molar-refractivity contribution < 1.29 is 4.39 Å². The number of nitriles is 1. The number of hydrazone groups is 1. The van der Waals surface area contributed by atoms with Gasteiger partial charge in [-0.15, -0.1) is 0 Å². The smallest absolute Gasteiger partial charge is 0.201 e. The first-order valence-corrected chi connectivity index (χ1v) is 6.24. The molecular weight excluding hydrogens is 259 g/mol. The maximum absolute atomic E-state index is 13.4. The summed E-state index contributed by atoms with van der Waals surface area (Å²) in [4.78, 5) is 2.12. The van der Waals surface area contributed by atoms with Crippen LogP contribution in [0.15, 0.2) is 23.3 Å². The van der Waals surface area contributed by atoms with Crippen molar-refractivity contribution in [3.8, 4) is 6.07 Å². The number of hydrogen-bond donors (Lipinski definition) is 3. The molecule has 0 amide bonds. The van der Waals surface area contributed by atoms with Gasteiger partial charge in [-0.05, 0) is 25.0 Å². The molecule has 0 aliphatic carbocycles. The fourth-order valence-electron chi connectivity index (χ4n) is 2.09. The molecule has 6 nitrogen and oxygen atoms in total. The fourth-order valence-corrected chi connectivity index (χ4v) is 2.09. The first kappa shape index (κ1) is 13.8. The summed E-state index contributed by atoms with van der Waals surface area (Å²) in [6.45, 7) is 1.81. The van der Waals surface area contributed by atoms with Gasteiger partial charge in [0.25, 0.3) is 0 Å². The highest BCUT2D eigenvalue weighted by molar-refractivity contribution is 6.45. The van der Waals surface area contributed by atoms with Gasteiger partial charge in [0.1, 0.15) is 11.9 Å². The van der Waals surface area contributed by atoms with Crippen molar-refractivity contribution in [2.24, 2.45) is 10.8 Å². The molecule has 1 fully saturated rings. The third kappa shape index (κ3) is 3.03. The van der Waals surface area contributed by atoms with Crippen LogP contribution in [0.2, 0.25) is 0 Å². The second kappa shape index (κ2) is 6.02. The van der Waals surface area contributed by atoms with Gasteiger partial charge in [-0.3, -0.25) is 10.8 Å². The Kier molecular flexibility index (Phi) is 4.15. The lowest BCUT2D eigenvalue weighted by Crippen LogP contribution is -2.22. The summed E-state index contributed by atoms with van der Waals surface area (Å²) >= 11 is 0. The Bertz CT molecular complexity index is 583. The van der Waals surface area contributed by atoms with Gasteiger partial charge in [0.05, 0.1) is 11.4 Å². The van der Waals surface area contributed by atoms with Crippen LogP contribution in [0.25, 0.3) is 0 Å². The number of nitrogens with zero attached hydrogens (tertiary/aromatic N) is 3. The van der Waals surface area contributed by atoms with E-state index in [-0.39, 0.29) is 5.71 Å². The van der Waals surface area contributed by atoms with Crippen molar-refractivity contribution in [3.63, 3.8) is 0 Å². The van der Waals surface area contributed by atoms with E-state index in [4.69, 9.17) is 16.4 Å². The van der Waals surface area contributed by atoms with E-state index in [9.17, 15) is 4.39 Å². The van der Waals surface area contributed by atoms with Crippen LogP contribution in [0.1, 0.15) is 12.8 Å². The summed E-state index contributed by atoms with van der Waals surface area (Å²) in [6, 6.07) is 6.08. The van der Waals surface area contributed by atoms with Crippen molar-refractivity contribution in [1.29, 1.82) is 10.7 Å². The molecule has 104 valence electrons. The van der Waals surface area contributed by atoms with Gasteiger partial charge in [0, 0.05) is 19.2 Å². The number of amidine groups is 1. The molecule has 0 atom stereocenters. The first-order valence-electron chi connectivity index (χ1n) is 6.24. The predicted molar refractivity (Wildman–Crippen MR) is 76.4 cm³/mol. The van der Waals surface area contributed by atoms with E-state index in [1.165, 1.54) is 12.1 Å². The van der Waals surface area contributed by atoms with E-state index >= 15 is 0 Å². The summed E-state index contributed by atoms with van der Waals surface area (Å²) in [7, 11) is 0. The molecule has 0 saturated carbocycles. The number of nitrogens with one attached hydrogen (secondary N) is 2. The van der Waals surface area contributed by atoms with E-state index in [0.717, 1.165) is 31.6 Å². The number of rotatable bonds is 4. The Balaban J connectivity index is 2.28. The van der Waals surface area contributed by atoms with Crippen LogP contribution < -0.4 is 16.1 Å². The lowest BCUT2D eigenvalue weighted by atomic mass is 10.2. The van der Waals surface area contributed by atoms with E-state index in [0.29, 0.717) is 5.69 Å². The number of benzene rings is 1. The highest BCUT2D eigenvalue weighted by Gasteiger charge is 2.16. The predicted octanol–water partition coefficient (Wildman–Crippen LogP) is 1.65. The van der Waals surface area contributed by atoms with Crippen LogP contribution in [-0.2, 0) is 0 Å². The minimum atomic E-state index is -0.431. The van der Waals surface area contributed by atoms with E-state index < -0.39 is 11.7 Å². The molecule has 0 aromatic heterocycles. The third-order valence-electron chi connectivity index (χ3n) is 3.05. The molecule has 1 aliphatic rings. The molecule has 20 heavy (non-hydrogen) atoms. The Hall–Kier alpha value is -2.62. The molecule has 0 spiro atoms. The molecule has 1 aromatic carbocycles. The van der Waals surface area contributed by atoms with Gasteiger partial charge < -0.3 is 10.6 Å². The average Bonchev–Trinajstić information content (AvgIpc) is 2.93. The van der Waals surface area contributed by atoms with Gasteiger partial charge >= 0.3 is 0 Å². The van der Waals surface area contributed by atoms with Crippen molar-refractivity contribution in [2.45, 2.75) is 12.8 Å². The quantitative estimate of drug-likeness (QED) is 0.441. The number of hydrogen-bond acceptors (Lipinski definition) is 5. The number of halogens is 1. The highest BCUT2D eigenvalue weighted by Crippen LogP contribution is 2.29. The van der Waals surface area contributed by atoms with Crippen molar-refractivity contribution in [2.75, 3.05) is 23.4 Å². The van der Waals surface area contributed by atoms with Gasteiger partial charge in [0.2, 0.25) is 5.71 Å². The Labute approximate surface area is 116 Å². The summed E-state index contributed by atoms with van der Waals surface area (Å²) in [6.07, 6.45) is 2.19. The summed E-state index contributed by atoms with van der Waals surface area (Å²) < 4.78 is 13.4. The summed E-state index contributed by atoms with van der Waals surface area (Å²) in [5.41, 5.74) is 8.89. The van der Waals surface area contributed by atoms with Crippen LogP contribution in [0, 0.1) is 22.6 Å². The van der Waals surface area contributed by atoms with Gasteiger partial charge in [-0.25, -0.2) is 4.39 Å². The lowest BCUT2D eigenvalue weighted by molar-refractivity contribution is 0.628. The molecule has 0 bridgehead atoms. The number of nitrogens with two attached hydrogens (primary N) is 1. The molecule has 4 N–H and O–H groups in total. The molecule has 2 rings (SSSR count). The maximum atomic E-state index is 13.4. The molecular formula is C13H15FN6. The zero-order chi connectivity index (χ0) is 14.5. The second-order valence-corrected chi connectivity index (χ2v) is 4.45. The van der Waals surface area contributed by atoms with Crippen LogP contribution >= 0.6 is 0 Å². The van der Waals surface area contributed by atoms with Crippen molar-refractivity contribution >= 4 is 22.9 Å². The van der Waals surface area contributed by atoms with E-state index in [1.807, 2.05) is 0 Å². The summed E-state index contributed by atoms with van der Waals surface area (Å²) in [5.74, 6) is -0.828. The zero-order valence-corrected chi connectivity index (χ0v) is 10.9. The Morgan fingerprint density at radius 2 is 2.15 bits per heavy atom. The standard InChI is InChI=1S/C13H15FN6/c14-9-3-4-12(20-5-1-2-6-20)10(7-9)18-19-11(8-15)13(16)17/h3-4,7,18H,1-2,5-6H2,(H3,16,17)/b19-11+. The maximum Gasteiger partial charge on any atom is 0.201 e. The minimum absolute atomic E-state index is 0.235. The van der Waals surface area contributed by atoms with Crippen LogP contribution in [0.3, 0.4) is 0 Å². The van der Waals surface area contributed by atoms with E-state index in [2.05, 4.69) is 15.4 Å². The third-order valence-corrected chi connectivity index (χ3v) is 3.05. The molecule has 0 radical (unpaired) electrons. The summed E-state index contributed by atoms with van der Waals surface area (Å²) in [5, 5.41) is 19.7. The normalized spacial score (nSPS) is 15.0. The monoisotopic (exact) mass is 274 g/mol. The van der Waals surface area contributed by atoms with Crippen molar-refractivity contribution in [3.05, 3.63) is 24.0 Å². The van der Waals surface area contributed by atoms with Gasteiger partial charge in [-0.2, -0.15) is 10.4 Å². The highest BCUT2D eigenvalue weighted by atomic mass is 19.1. The second-order valence-electron chi connectivity index (χ2n) is 4.45. The van der Waals surface area contributed by atoms with Crippen LogP contribution in [0.5, 0.6) is 0 Å².